The van der Waals surface area contributed by atoms with Gasteiger partial charge in [0, 0.05) is 17.9 Å². The first-order valence-corrected chi connectivity index (χ1v) is 8.87. The predicted octanol–water partition coefficient (Wildman–Crippen LogP) is 0.732. The summed E-state index contributed by atoms with van der Waals surface area (Å²) in [6, 6.07) is 3.10. The number of phenolic OH excluding ortho intramolecular Hbond substituents is 1. The second kappa shape index (κ2) is 5.68. The molecule has 0 radical (unpaired) electrons. The molecule has 6 N–H and O–H groups in total. The van der Waals surface area contributed by atoms with E-state index in [2.05, 4.69) is 0 Å². The van der Waals surface area contributed by atoms with Gasteiger partial charge in [-0.1, -0.05) is 6.07 Å². The quantitative estimate of drug-likeness (QED) is 0.446. The zero-order chi connectivity index (χ0) is 20.5. The number of primary amides is 1. The summed E-state index contributed by atoms with van der Waals surface area (Å²) < 4.78 is 0. The van der Waals surface area contributed by atoms with Gasteiger partial charge in [-0.15, -0.1) is 0 Å². The molecule has 1 aromatic carbocycles. The number of aromatic hydroxyl groups is 1. The second-order valence-corrected chi connectivity index (χ2v) is 7.66. The number of amides is 1. The van der Waals surface area contributed by atoms with Crippen molar-refractivity contribution < 1.29 is 34.8 Å². The number of carbonyl (C=O) groups is 3. The number of carbonyl (C=O) groups excluding carboxylic acids is 3. The molecule has 1 saturated carbocycles. The number of phenols is 1. The summed E-state index contributed by atoms with van der Waals surface area (Å²) >= 11 is 0. The van der Waals surface area contributed by atoms with E-state index in [0.29, 0.717) is 12.0 Å². The van der Waals surface area contributed by atoms with Gasteiger partial charge in [0.05, 0.1) is 5.56 Å². The predicted molar refractivity (Wildman–Crippen MR) is 96.1 cm³/mol. The minimum atomic E-state index is -2.52. The highest BCUT2D eigenvalue weighted by atomic mass is 16.3. The first-order valence-electron chi connectivity index (χ1n) is 8.87. The van der Waals surface area contributed by atoms with Gasteiger partial charge >= 0.3 is 0 Å². The lowest BCUT2D eigenvalue weighted by atomic mass is 9.59. The average molecular weight is 385 g/mol. The van der Waals surface area contributed by atoms with Crippen LogP contribution in [-0.4, -0.2) is 43.5 Å². The van der Waals surface area contributed by atoms with E-state index < -0.39 is 52.0 Å². The van der Waals surface area contributed by atoms with Crippen molar-refractivity contribution >= 4 is 23.2 Å². The highest BCUT2D eigenvalue weighted by Gasteiger charge is 2.60. The van der Waals surface area contributed by atoms with Gasteiger partial charge in [0.25, 0.3) is 5.91 Å². The summed E-state index contributed by atoms with van der Waals surface area (Å²) in [5, 5.41) is 42.5. The van der Waals surface area contributed by atoms with E-state index in [0.717, 1.165) is 5.56 Å². The third-order valence-electron chi connectivity index (χ3n) is 6.18. The van der Waals surface area contributed by atoms with Gasteiger partial charge in [0.15, 0.2) is 11.4 Å². The molecule has 1 aromatic rings. The normalized spacial score (nSPS) is 29.4. The smallest absolute Gasteiger partial charge is 0.255 e. The van der Waals surface area contributed by atoms with E-state index in [4.69, 9.17) is 5.73 Å². The summed E-state index contributed by atoms with van der Waals surface area (Å²) in [6.07, 6.45) is 0.146. The van der Waals surface area contributed by atoms with Crippen LogP contribution in [0.15, 0.2) is 29.0 Å². The van der Waals surface area contributed by atoms with Crippen molar-refractivity contribution in [2.24, 2.45) is 17.6 Å². The Morgan fingerprint density at radius 1 is 1.18 bits per heavy atom. The van der Waals surface area contributed by atoms with Gasteiger partial charge in [-0.25, -0.2) is 0 Å². The number of fused-ring (bicyclic) bond motifs is 3. The molecule has 0 aliphatic heterocycles. The minimum absolute atomic E-state index is 0.118. The maximum Gasteiger partial charge on any atom is 0.255 e. The SMILES string of the molecule is Cc1ccc(O)c2c1CC1CC3CC(=O)C(C(N)=O)=C(O)C3(O)C(=O)C1=C2O. The molecule has 146 valence electrons. The molecule has 0 aromatic heterocycles. The van der Waals surface area contributed by atoms with Crippen molar-refractivity contribution in [1.82, 2.24) is 0 Å². The molecule has 0 heterocycles. The number of rotatable bonds is 1. The number of Topliss-reactive ketones (excluding diaryl/α,β-unsaturated/α-hetero) is 2. The maximum atomic E-state index is 13.2. The van der Waals surface area contributed by atoms with Gasteiger partial charge < -0.3 is 26.2 Å². The first kappa shape index (κ1) is 18.2. The van der Waals surface area contributed by atoms with Gasteiger partial charge in [-0.3, -0.25) is 14.4 Å². The number of nitrogens with two attached hydrogens (primary N) is 1. The Balaban J connectivity index is 1.95. The zero-order valence-electron chi connectivity index (χ0n) is 15.0. The molecule has 3 unspecified atom stereocenters. The van der Waals surface area contributed by atoms with Crippen LogP contribution >= 0.6 is 0 Å². The summed E-state index contributed by atoms with van der Waals surface area (Å²) in [4.78, 5) is 37.0. The van der Waals surface area contributed by atoms with E-state index in [-0.39, 0.29) is 29.7 Å². The van der Waals surface area contributed by atoms with E-state index in [1.54, 1.807) is 6.07 Å². The lowest BCUT2D eigenvalue weighted by molar-refractivity contribution is -0.147. The van der Waals surface area contributed by atoms with E-state index in [1.165, 1.54) is 6.07 Å². The molecule has 0 bridgehead atoms. The molecule has 28 heavy (non-hydrogen) atoms. The number of benzene rings is 1. The lowest BCUT2D eigenvalue weighted by Crippen LogP contribution is -2.58. The van der Waals surface area contributed by atoms with E-state index in [1.807, 2.05) is 6.92 Å². The van der Waals surface area contributed by atoms with E-state index in [9.17, 15) is 34.8 Å². The van der Waals surface area contributed by atoms with Crippen LogP contribution in [0.4, 0.5) is 0 Å². The summed E-state index contributed by atoms with van der Waals surface area (Å²) in [5.74, 6) is -6.13. The van der Waals surface area contributed by atoms with Gasteiger partial charge in [0.1, 0.15) is 22.8 Å². The molecule has 8 heteroatoms. The topological polar surface area (TPSA) is 158 Å². The van der Waals surface area contributed by atoms with Gasteiger partial charge in [-0.2, -0.15) is 0 Å². The molecule has 3 aliphatic carbocycles. The summed E-state index contributed by atoms with van der Waals surface area (Å²) in [7, 11) is 0. The number of hydrogen-bond donors (Lipinski definition) is 5. The number of aliphatic hydroxyl groups excluding tert-OH is 2. The van der Waals surface area contributed by atoms with Crippen LogP contribution in [0.1, 0.15) is 29.5 Å². The number of aryl methyl sites for hydroxylation is 1. The molecule has 3 atom stereocenters. The number of hydrogen-bond acceptors (Lipinski definition) is 7. The fourth-order valence-corrected chi connectivity index (χ4v) is 4.78. The van der Waals surface area contributed by atoms with Crippen molar-refractivity contribution in [3.63, 3.8) is 0 Å². The number of ketones is 2. The molecule has 4 rings (SSSR count). The molecular formula is C20H19NO7. The molecule has 0 saturated heterocycles. The second-order valence-electron chi connectivity index (χ2n) is 7.66. The Bertz CT molecular complexity index is 1040. The minimum Gasteiger partial charge on any atom is -0.508 e. The zero-order valence-corrected chi connectivity index (χ0v) is 15.0. The fraction of sp³-hybridized carbons (Fsp3) is 0.350. The molecule has 1 amide bonds. The number of aliphatic hydroxyl groups is 3. The molecule has 1 fully saturated rings. The summed E-state index contributed by atoms with van der Waals surface area (Å²) in [6.45, 7) is 1.81. The lowest BCUT2D eigenvalue weighted by Gasteiger charge is -2.46. The largest absolute Gasteiger partial charge is 0.508 e. The van der Waals surface area contributed by atoms with E-state index >= 15 is 0 Å². The van der Waals surface area contributed by atoms with Crippen molar-refractivity contribution in [2.75, 3.05) is 0 Å². The summed E-state index contributed by atoms with van der Waals surface area (Å²) in [5.41, 5.74) is 3.33. The van der Waals surface area contributed by atoms with Crippen molar-refractivity contribution in [3.8, 4) is 5.75 Å². The van der Waals surface area contributed by atoms with Crippen molar-refractivity contribution in [2.45, 2.75) is 31.8 Å². The monoisotopic (exact) mass is 385 g/mol. The van der Waals surface area contributed by atoms with Crippen molar-refractivity contribution in [1.29, 1.82) is 0 Å². The van der Waals surface area contributed by atoms with Crippen LogP contribution in [0.3, 0.4) is 0 Å². The molecule has 8 nitrogen and oxygen atoms in total. The Hall–Kier alpha value is -3.13. The third kappa shape index (κ3) is 2.12. The Labute approximate surface area is 159 Å². The Morgan fingerprint density at radius 3 is 2.50 bits per heavy atom. The van der Waals surface area contributed by atoms with Crippen LogP contribution < -0.4 is 5.73 Å². The molecule has 0 spiro atoms. The Kier molecular flexibility index (Phi) is 3.70. The van der Waals surface area contributed by atoms with Crippen LogP contribution in [0.2, 0.25) is 0 Å². The van der Waals surface area contributed by atoms with Gasteiger partial charge in [-0.05, 0) is 42.9 Å². The van der Waals surface area contributed by atoms with Crippen LogP contribution in [-0.2, 0) is 20.8 Å². The molecule has 3 aliphatic rings. The third-order valence-corrected chi connectivity index (χ3v) is 6.18. The van der Waals surface area contributed by atoms with Crippen LogP contribution in [0, 0.1) is 18.8 Å². The first-order chi connectivity index (χ1) is 13.1. The van der Waals surface area contributed by atoms with Crippen LogP contribution in [0.25, 0.3) is 5.76 Å². The van der Waals surface area contributed by atoms with Gasteiger partial charge in [0.2, 0.25) is 5.78 Å². The maximum absolute atomic E-state index is 13.2. The molecular weight excluding hydrogens is 366 g/mol. The van der Waals surface area contributed by atoms with Crippen LogP contribution in [0.5, 0.6) is 5.75 Å². The average Bonchev–Trinajstić information content (AvgIpc) is 2.61. The highest BCUT2D eigenvalue weighted by molar-refractivity contribution is 6.22. The Morgan fingerprint density at radius 2 is 1.86 bits per heavy atom. The highest BCUT2D eigenvalue weighted by Crippen LogP contribution is 2.52. The van der Waals surface area contributed by atoms with Crippen molar-refractivity contribution in [3.05, 3.63) is 45.7 Å². The fourth-order valence-electron chi connectivity index (χ4n) is 4.78. The standard InChI is InChI=1S/C20H19NO7/c1-7-2-3-11(22)14-10(7)5-8-4-9-6-12(23)15(19(21)27)18(26)20(9,28)17(25)13(8)16(14)24/h2-3,8-9,22,24,26,28H,4-6H2,1H3,(H2,21,27).